The number of nitrogens with one attached hydrogen (secondary N) is 6. The van der Waals surface area contributed by atoms with E-state index in [1.807, 2.05) is 43.3 Å². The molecule has 9 atom stereocenters. The Morgan fingerprint density at radius 2 is 1.36 bits per heavy atom. The Morgan fingerprint density at radius 1 is 0.797 bits per heavy atom. The first-order valence-electron chi connectivity index (χ1n) is 24.1. The van der Waals surface area contributed by atoms with Gasteiger partial charge < -0.3 is 74.7 Å². The number of amides is 7. The van der Waals surface area contributed by atoms with E-state index in [0.717, 1.165) is 10.5 Å². The number of carbonyl (C=O) groups is 9. The summed E-state index contributed by atoms with van der Waals surface area (Å²) >= 11 is 0. The zero-order valence-corrected chi connectivity index (χ0v) is 42.9. The highest BCUT2D eigenvalue weighted by Crippen LogP contribution is 2.19. The second-order valence-electron chi connectivity index (χ2n) is 18.0. The molecule has 7 amide bonds. The number of hydrogen-bond acceptors (Lipinski definition) is 12. The molecule has 25 nitrogen and oxygen atoms in total. The largest absolute Gasteiger partial charge is 0.480 e. The standard InChI is InChI=1S/C49H75N13O12/c1-27(24-28(2)38(74-7)25-32-14-9-8-10-15-32)18-19-33-29(3)41(65)60-36(46(70)71)20-21-40(64)62(6)31(5)43(67)56-30(4)42(66)59-35(17-13-23-55-49(52)53)45(69)61-37(47(72)73)26-39(63)57-34(44(68)58-33)16-11-12-22-54-48(50)51/h8-10,14-15,18-19,24,28-30,33-38H,5,11-13,16-17,20-23,25-26H2,1-4,6-7H3,(H,56,67)(H,57,63)(H,58,68)(H,59,66)(H,60,65)(H,61,69)(H,70,71)(H,72,73)(H4,50,51,54)(H4,52,53,55)/b19-18+,27-24+/t28-,29-,30+,33-,34-,35-,36+,37+,38-/m0/s1. The van der Waals surface area contributed by atoms with E-state index in [9.17, 15) is 53.4 Å². The van der Waals surface area contributed by atoms with Gasteiger partial charge in [-0.3, -0.25) is 43.5 Å². The van der Waals surface area contributed by atoms with Crippen LogP contribution in [-0.4, -0.2) is 150 Å². The number of unbranched alkanes of at least 4 members (excludes halogenated alkanes) is 1. The molecular weight excluding hydrogens is 963 g/mol. The van der Waals surface area contributed by atoms with Crippen molar-refractivity contribution in [3.05, 3.63) is 72.0 Å². The van der Waals surface area contributed by atoms with Gasteiger partial charge in [0.1, 0.15) is 35.9 Å². The third-order valence-electron chi connectivity index (χ3n) is 12.0. The van der Waals surface area contributed by atoms with Gasteiger partial charge in [0.25, 0.3) is 5.91 Å². The maximum absolute atomic E-state index is 14.4. The Morgan fingerprint density at radius 3 is 1.96 bits per heavy atom. The molecule has 0 spiro atoms. The molecule has 0 aliphatic carbocycles. The van der Waals surface area contributed by atoms with E-state index in [1.165, 1.54) is 27.0 Å². The average molecular weight is 1040 g/mol. The summed E-state index contributed by atoms with van der Waals surface area (Å²) in [5.74, 6) is -11.3. The van der Waals surface area contributed by atoms with Crippen molar-refractivity contribution in [1.29, 1.82) is 0 Å². The van der Waals surface area contributed by atoms with Crippen molar-refractivity contribution in [2.75, 3.05) is 27.2 Å². The fourth-order valence-corrected chi connectivity index (χ4v) is 7.49. The quantitative estimate of drug-likeness (QED) is 0.0269. The molecular formula is C49H75N13O12. The molecule has 1 fully saturated rings. The zero-order valence-electron chi connectivity index (χ0n) is 42.9. The van der Waals surface area contributed by atoms with Crippen LogP contribution in [0.15, 0.2) is 76.4 Å². The Balaban J connectivity index is 2.70. The van der Waals surface area contributed by atoms with Crippen molar-refractivity contribution in [3.8, 4) is 0 Å². The third kappa shape index (κ3) is 22.3. The smallest absolute Gasteiger partial charge is 0.326 e. The van der Waals surface area contributed by atoms with Gasteiger partial charge in [0, 0.05) is 39.6 Å². The van der Waals surface area contributed by atoms with Gasteiger partial charge in [0.05, 0.1) is 24.5 Å². The summed E-state index contributed by atoms with van der Waals surface area (Å²) in [5.41, 5.74) is 23.1. The van der Waals surface area contributed by atoms with Gasteiger partial charge in [0.15, 0.2) is 11.9 Å². The molecule has 1 aliphatic rings. The number of nitrogens with zero attached hydrogens (tertiary/aromatic N) is 3. The van der Waals surface area contributed by atoms with Gasteiger partial charge in [-0.05, 0) is 64.4 Å². The Hall–Kier alpha value is -7.83. The van der Waals surface area contributed by atoms with E-state index in [2.05, 4.69) is 48.5 Å². The van der Waals surface area contributed by atoms with Crippen molar-refractivity contribution in [1.82, 2.24) is 36.8 Å². The van der Waals surface area contributed by atoms with Gasteiger partial charge in [-0.2, -0.15) is 0 Å². The van der Waals surface area contributed by atoms with Crippen molar-refractivity contribution < 1.29 is 58.1 Å². The number of allylic oxidation sites excluding steroid dienone is 2. The number of carboxylic acids is 2. The van der Waals surface area contributed by atoms with Crippen LogP contribution in [0.4, 0.5) is 0 Å². The first-order valence-corrected chi connectivity index (χ1v) is 24.1. The van der Waals surface area contributed by atoms with Crippen LogP contribution >= 0.6 is 0 Å². The number of nitrogens with two attached hydrogens (primary N) is 4. The van der Waals surface area contributed by atoms with Crippen molar-refractivity contribution in [3.63, 3.8) is 0 Å². The highest BCUT2D eigenvalue weighted by molar-refractivity contribution is 6.00. The molecule has 74 heavy (non-hydrogen) atoms. The number of aliphatic carboxylic acids is 2. The minimum Gasteiger partial charge on any atom is -0.480 e. The van der Waals surface area contributed by atoms with E-state index >= 15 is 0 Å². The van der Waals surface area contributed by atoms with E-state index in [4.69, 9.17) is 27.7 Å². The molecule has 1 aromatic carbocycles. The van der Waals surface area contributed by atoms with Crippen LogP contribution < -0.4 is 54.8 Å². The lowest BCUT2D eigenvalue weighted by Gasteiger charge is -2.27. The van der Waals surface area contributed by atoms with Gasteiger partial charge >= 0.3 is 11.9 Å². The first kappa shape index (κ1) is 62.3. The fraction of sp³-hybridized carbons (Fsp3) is 0.531. The van der Waals surface area contributed by atoms with Gasteiger partial charge in [-0.25, -0.2) is 9.59 Å². The molecule has 0 bridgehead atoms. The summed E-state index contributed by atoms with van der Waals surface area (Å²) in [6, 6.07) is 0.796. The fourth-order valence-electron chi connectivity index (χ4n) is 7.49. The number of ether oxygens (including phenoxy) is 1. The summed E-state index contributed by atoms with van der Waals surface area (Å²) in [7, 11) is 2.80. The van der Waals surface area contributed by atoms with Crippen LogP contribution in [0.1, 0.15) is 84.6 Å². The molecule has 1 aromatic rings. The SMILES string of the molecule is C=C1C(=O)N[C@H](C)C(=O)N[C@@H](CCCN=C(N)N)C(=O)N[C@@H](C(=O)O)CC(=O)N[C@@H](CCCCN=C(N)N)C(=O)N[C@@H](/C=C/C(C)=C/[C@H](C)[C@H](Cc2ccccc2)OC)[C@H](C)C(=O)N[C@@H](C(=O)O)CCC(=O)N1C. The lowest BCUT2D eigenvalue weighted by atomic mass is 9.94. The highest BCUT2D eigenvalue weighted by atomic mass is 16.5. The minimum absolute atomic E-state index is 0.000999. The summed E-state index contributed by atoms with van der Waals surface area (Å²) in [6.07, 6.45) is 4.13. The first-order chi connectivity index (χ1) is 34.8. The Kier molecular flexibility index (Phi) is 26.6. The second-order valence-corrected chi connectivity index (χ2v) is 18.0. The number of likely N-dealkylation sites (N-methyl/N-ethyl adjacent to an activating group) is 1. The number of guanidine groups is 2. The van der Waals surface area contributed by atoms with E-state index in [-0.39, 0.29) is 62.7 Å². The maximum atomic E-state index is 14.4. The number of hydrogen-bond donors (Lipinski definition) is 12. The van der Waals surface area contributed by atoms with Crippen LogP contribution in [0.2, 0.25) is 0 Å². The minimum atomic E-state index is -1.91. The summed E-state index contributed by atoms with van der Waals surface area (Å²) in [6.45, 7) is 10.2. The summed E-state index contributed by atoms with van der Waals surface area (Å²) < 4.78 is 5.81. The van der Waals surface area contributed by atoms with Crippen LogP contribution in [0.5, 0.6) is 0 Å². The monoisotopic (exact) mass is 1040 g/mol. The normalized spacial score (nSPS) is 23.6. The second kappa shape index (κ2) is 31.6. The highest BCUT2D eigenvalue weighted by Gasteiger charge is 2.34. The number of carboxylic acid groups (broad SMARTS) is 2. The Labute approximate surface area is 430 Å². The molecule has 1 heterocycles. The van der Waals surface area contributed by atoms with Gasteiger partial charge in [0.2, 0.25) is 35.4 Å². The summed E-state index contributed by atoms with van der Waals surface area (Å²) in [5, 5.41) is 35.2. The number of carbonyl (C=O) groups excluding carboxylic acids is 7. The Bertz CT molecular complexity index is 2260. The number of rotatable bonds is 18. The van der Waals surface area contributed by atoms with E-state index in [1.54, 1.807) is 20.1 Å². The molecule has 16 N–H and O–H groups in total. The molecule has 0 radical (unpaired) electrons. The van der Waals surface area contributed by atoms with E-state index in [0.29, 0.717) is 18.4 Å². The van der Waals surface area contributed by atoms with E-state index < -0.39 is 120 Å². The van der Waals surface area contributed by atoms with Crippen LogP contribution in [0, 0.1) is 11.8 Å². The van der Waals surface area contributed by atoms with Crippen molar-refractivity contribution in [2.24, 2.45) is 44.8 Å². The lowest BCUT2D eigenvalue weighted by molar-refractivity contribution is -0.144. The number of methoxy groups -OCH3 is 1. The van der Waals surface area contributed by atoms with Crippen LogP contribution in [0.3, 0.4) is 0 Å². The van der Waals surface area contributed by atoms with Crippen molar-refractivity contribution >= 4 is 65.2 Å². The molecule has 0 aromatic heterocycles. The molecule has 1 saturated heterocycles. The van der Waals surface area contributed by atoms with Crippen LogP contribution in [0.25, 0.3) is 0 Å². The lowest BCUT2D eigenvalue weighted by Crippen LogP contribution is -2.56. The zero-order chi connectivity index (χ0) is 55.7. The van der Waals surface area contributed by atoms with Crippen molar-refractivity contribution in [2.45, 2.75) is 128 Å². The number of benzene rings is 1. The number of aliphatic imine (C=N–C) groups is 2. The molecule has 25 heteroatoms. The molecule has 1 aliphatic heterocycles. The summed E-state index contributed by atoms with van der Waals surface area (Å²) in [4.78, 5) is 130. The molecule has 0 saturated carbocycles. The predicted octanol–water partition coefficient (Wildman–Crippen LogP) is -1.23. The maximum Gasteiger partial charge on any atom is 0.326 e. The molecule has 408 valence electrons. The average Bonchev–Trinajstić information content (AvgIpc) is 3.34. The molecule has 0 unspecified atom stereocenters. The topological polar surface area (TPSA) is 408 Å². The van der Waals surface area contributed by atoms with Crippen LogP contribution in [-0.2, 0) is 54.3 Å². The molecule has 2 rings (SSSR count). The van der Waals surface area contributed by atoms with Gasteiger partial charge in [-0.1, -0.05) is 74.6 Å². The predicted molar refractivity (Wildman–Crippen MR) is 275 cm³/mol. The van der Waals surface area contributed by atoms with Gasteiger partial charge in [-0.15, -0.1) is 0 Å². The third-order valence-corrected chi connectivity index (χ3v) is 12.0.